The zero-order chi connectivity index (χ0) is 12.4. The van der Waals surface area contributed by atoms with Crippen LogP contribution in [-0.4, -0.2) is 16.1 Å². The topological polar surface area (TPSA) is 54.9 Å². The molecule has 0 fully saturated rings. The lowest BCUT2D eigenvalue weighted by molar-refractivity contribution is 0.102. The van der Waals surface area contributed by atoms with Crippen molar-refractivity contribution in [3.05, 3.63) is 38.8 Å². The van der Waals surface area contributed by atoms with Crippen molar-refractivity contribution in [1.29, 1.82) is 0 Å². The zero-order valence-electron chi connectivity index (χ0n) is 9.32. The van der Waals surface area contributed by atoms with Crippen LogP contribution in [0.2, 0.25) is 4.47 Å². The molecule has 17 heavy (non-hydrogen) atoms. The highest BCUT2D eigenvalue weighted by Gasteiger charge is 2.13. The number of hydrogen-bond donors (Lipinski definition) is 1. The van der Waals surface area contributed by atoms with E-state index in [9.17, 15) is 4.79 Å². The van der Waals surface area contributed by atoms with Crippen LogP contribution in [0, 0.1) is 13.8 Å². The van der Waals surface area contributed by atoms with E-state index >= 15 is 0 Å². The second-order valence-corrected chi connectivity index (χ2v) is 5.19. The standard InChI is InChI=1S/C11H10ClN3OS/c1-6-3-4-7(2)8(5-6)13-9(16)10-14-15-11(12)17-10/h3-5H,1-2H3,(H,13,16). The molecule has 0 radical (unpaired) electrons. The van der Waals surface area contributed by atoms with E-state index in [2.05, 4.69) is 15.5 Å². The predicted molar refractivity (Wildman–Crippen MR) is 68.8 cm³/mol. The van der Waals surface area contributed by atoms with Crippen LogP contribution in [0.3, 0.4) is 0 Å². The minimum Gasteiger partial charge on any atom is -0.320 e. The SMILES string of the molecule is Cc1ccc(C)c(NC(=O)c2nnc(Cl)s2)c1. The first-order chi connectivity index (χ1) is 8.06. The van der Waals surface area contributed by atoms with Crippen LogP contribution in [0.15, 0.2) is 18.2 Å². The van der Waals surface area contributed by atoms with Gasteiger partial charge in [0.25, 0.3) is 5.91 Å². The lowest BCUT2D eigenvalue weighted by Gasteiger charge is -2.07. The molecule has 1 aromatic heterocycles. The first-order valence-electron chi connectivity index (χ1n) is 4.94. The first kappa shape index (κ1) is 12.0. The van der Waals surface area contributed by atoms with E-state index in [4.69, 9.17) is 11.6 Å². The van der Waals surface area contributed by atoms with Crippen LogP contribution < -0.4 is 5.32 Å². The molecule has 0 spiro atoms. The van der Waals surface area contributed by atoms with Gasteiger partial charge in [0.2, 0.25) is 9.47 Å². The number of rotatable bonds is 2. The van der Waals surface area contributed by atoms with Crippen LogP contribution in [0.1, 0.15) is 20.9 Å². The molecular weight excluding hydrogens is 258 g/mol. The van der Waals surface area contributed by atoms with Gasteiger partial charge in [-0.2, -0.15) is 0 Å². The van der Waals surface area contributed by atoms with Crippen molar-refractivity contribution >= 4 is 34.5 Å². The van der Waals surface area contributed by atoms with Crippen molar-refractivity contribution in [1.82, 2.24) is 10.2 Å². The lowest BCUT2D eigenvalue weighted by atomic mass is 10.1. The van der Waals surface area contributed by atoms with Gasteiger partial charge in [-0.25, -0.2) is 0 Å². The molecule has 2 aromatic rings. The molecule has 0 atom stereocenters. The number of nitrogens with zero attached hydrogens (tertiary/aromatic N) is 2. The zero-order valence-corrected chi connectivity index (χ0v) is 10.9. The third kappa shape index (κ3) is 2.81. The Kier molecular flexibility index (Phi) is 3.40. The van der Waals surface area contributed by atoms with Gasteiger partial charge in [-0.15, -0.1) is 10.2 Å². The largest absolute Gasteiger partial charge is 0.320 e. The number of nitrogens with one attached hydrogen (secondary N) is 1. The van der Waals surface area contributed by atoms with E-state index in [1.54, 1.807) is 0 Å². The van der Waals surface area contributed by atoms with Gasteiger partial charge in [-0.3, -0.25) is 4.79 Å². The van der Waals surface area contributed by atoms with E-state index in [1.165, 1.54) is 0 Å². The molecule has 0 bridgehead atoms. The maximum atomic E-state index is 11.8. The highest BCUT2D eigenvalue weighted by atomic mass is 35.5. The third-order valence-electron chi connectivity index (χ3n) is 2.24. The summed E-state index contributed by atoms with van der Waals surface area (Å²) in [5.74, 6) is -0.289. The summed E-state index contributed by atoms with van der Waals surface area (Å²) in [6.45, 7) is 3.90. The van der Waals surface area contributed by atoms with E-state index in [1.807, 2.05) is 32.0 Å². The highest BCUT2D eigenvalue weighted by molar-refractivity contribution is 7.17. The summed E-state index contributed by atoms with van der Waals surface area (Å²) in [7, 11) is 0. The molecule has 0 saturated carbocycles. The van der Waals surface area contributed by atoms with Crippen LogP contribution in [-0.2, 0) is 0 Å². The molecule has 0 aliphatic carbocycles. The number of carbonyl (C=O) groups excluding carboxylic acids is 1. The Hall–Kier alpha value is -1.46. The fourth-order valence-electron chi connectivity index (χ4n) is 1.34. The summed E-state index contributed by atoms with van der Waals surface area (Å²) < 4.78 is 0.260. The van der Waals surface area contributed by atoms with E-state index in [0.717, 1.165) is 28.2 Å². The maximum absolute atomic E-state index is 11.8. The van der Waals surface area contributed by atoms with Gasteiger partial charge in [0.1, 0.15) is 0 Å². The molecule has 88 valence electrons. The Morgan fingerprint density at radius 2 is 2.12 bits per heavy atom. The Morgan fingerprint density at radius 3 is 2.76 bits per heavy atom. The summed E-state index contributed by atoms with van der Waals surface area (Å²) in [5, 5.41) is 10.3. The molecule has 0 aliphatic rings. The molecule has 4 nitrogen and oxygen atoms in total. The van der Waals surface area contributed by atoms with Gasteiger partial charge in [0, 0.05) is 5.69 Å². The monoisotopic (exact) mass is 267 g/mol. The van der Waals surface area contributed by atoms with Gasteiger partial charge in [-0.1, -0.05) is 23.5 Å². The van der Waals surface area contributed by atoms with E-state index < -0.39 is 0 Å². The molecule has 0 aliphatic heterocycles. The minimum absolute atomic E-state index is 0.260. The summed E-state index contributed by atoms with van der Waals surface area (Å²) in [6, 6.07) is 5.86. The second-order valence-electron chi connectivity index (χ2n) is 3.63. The average Bonchev–Trinajstić information content (AvgIpc) is 2.70. The van der Waals surface area contributed by atoms with E-state index in [0.29, 0.717) is 0 Å². The van der Waals surface area contributed by atoms with Crippen molar-refractivity contribution in [2.45, 2.75) is 13.8 Å². The van der Waals surface area contributed by atoms with Crippen LogP contribution >= 0.6 is 22.9 Å². The number of amides is 1. The summed E-state index contributed by atoms with van der Waals surface area (Å²) in [6.07, 6.45) is 0. The number of benzene rings is 1. The highest BCUT2D eigenvalue weighted by Crippen LogP contribution is 2.19. The Balaban J connectivity index is 2.21. The number of halogens is 1. The predicted octanol–water partition coefficient (Wildman–Crippen LogP) is 3.06. The summed E-state index contributed by atoms with van der Waals surface area (Å²) >= 11 is 6.69. The van der Waals surface area contributed by atoms with Gasteiger partial charge in [-0.05, 0) is 42.6 Å². The van der Waals surface area contributed by atoms with Gasteiger partial charge >= 0.3 is 0 Å². The van der Waals surface area contributed by atoms with Crippen molar-refractivity contribution in [2.24, 2.45) is 0 Å². The van der Waals surface area contributed by atoms with Crippen LogP contribution in [0.4, 0.5) is 5.69 Å². The third-order valence-corrected chi connectivity index (χ3v) is 3.25. The van der Waals surface area contributed by atoms with Crippen molar-refractivity contribution in [3.63, 3.8) is 0 Å². The molecule has 1 heterocycles. The number of aromatic nitrogens is 2. The van der Waals surface area contributed by atoms with Crippen molar-refractivity contribution < 1.29 is 4.79 Å². The second kappa shape index (κ2) is 4.81. The van der Waals surface area contributed by atoms with Crippen molar-refractivity contribution in [3.8, 4) is 0 Å². The number of hydrogen-bond acceptors (Lipinski definition) is 4. The van der Waals surface area contributed by atoms with Crippen molar-refractivity contribution in [2.75, 3.05) is 5.32 Å². The number of aryl methyl sites for hydroxylation is 2. The normalized spacial score (nSPS) is 10.3. The Labute approximate surface area is 108 Å². The molecule has 0 unspecified atom stereocenters. The number of anilines is 1. The first-order valence-corrected chi connectivity index (χ1v) is 6.13. The summed E-state index contributed by atoms with van der Waals surface area (Å²) in [4.78, 5) is 11.8. The van der Waals surface area contributed by atoms with Gasteiger partial charge in [0.15, 0.2) is 0 Å². The molecule has 1 N–H and O–H groups in total. The van der Waals surface area contributed by atoms with E-state index in [-0.39, 0.29) is 15.4 Å². The molecule has 2 rings (SSSR count). The fraction of sp³-hybridized carbons (Fsp3) is 0.182. The molecule has 1 aromatic carbocycles. The lowest BCUT2D eigenvalue weighted by Crippen LogP contribution is -2.12. The molecule has 0 saturated heterocycles. The number of carbonyl (C=O) groups is 1. The van der Waals surface area contributed by atoms with Crippen LogP contribution in [0.5, 0.6) is 0 Å². The Morgan fingerprint density at radius 1 is 1.35 bits per heavy atom. The maximum Gasteiger partial charge on any atom is 0.286 e. The molecular formula is C11H10ClN3OS. The van der Waals surface area contributed by atoms with Gasteiger partial charge in [0.05, 0.1) is 0 Å². The minimum atomic E-state index is -0.289. The quantitative estimate of drug-likeness (QED) is 0.910. The average molecular weight is 268 g/mol. The van der Waals surface area contributed by atoms with Crippen LogP contribution in [0.25, 0.3) is 0 Å². The molecule has 1 amide bonds. The van der Waals surface area contributed by atoms with Gasteiger partial charge < -0.3 is 5.32 Å². The fourth-order valence-corrected chi connectivity index (χ4v) is 2.07. The Bertz CT molecular complexity index is 568. The smallest absolute Gasteiger partial charge is 0.286 e. The summed E-state index contributed by atoms with van der Waals surface area (Å²) in [5.41, 5.74) is 2.86. The molecule has 6 heteroatoms.